The van der Waals surface area contributed by atoms with Gasteiger partial charge in [0.25, 0.3) is 0 Å². The molecule has 3 nitrogen and oxygen atoms in total. The van der Waals surface area contributed by atoms with Gasteiger partial charge in [-0.05, 0) is 10.4 Å². The molecule has 0 atom stereocenters. The SMILES string of the molecule is [N-]=[N+]=N.[Rb]. The maximum atomic E-state index is 6.86. The molecule has 0 amide bonds. The van der Waals surface area contributed by atoms with Gasteiger partial charge < -0.3 is 0 Å². The number of nitrogens with zero attached hydrogens (tertiary/aromatic N) is 2. The zero-order chi connectivity index (χ0) is 2.71. The van der Waals surface area contributed by atoms with Crippen LogP contribution in [0.4, 0.5) is 0 Å². The summed E-state index contributed by atoms with van der Waals surface area (Å²) in [5.41, 5.74) is 12.2. The summed E-state index contributed by atoms with van der Waals surface area (Å²) in [7, 11) is 0. The predicted octanol–water partition coefficient (Wildman–Crippen LogP) is 0.495. The van der Waals surface area contributed by atoms with Crippen LogP contribution in [0.3, 0.4) is 0 Å². The van der Waals surface area contributed by atoms with Crippen molar-refractivity contribution in [2.45, 2.75) is 0 Å². The van der Waals surface area contributed by atoms with E-state index in [1.807, 2.05) is 0 Å². The Morgan fingerprint density at radius 2 is 1.75 bits per heavy atom. The van der Waals surface area contributed by atoms with Crippen molar-refractivity contribution in [1.82, 2.24) is 0 Å². The van der Waals surface area contributed by atoms with Crippen molar-refractivity contribution in [2.75, 3.05) is 0 Å². The molecule has 0 aromatic heterocycles. The van der Waals surface area contributed by atoms with Crippen LogP contribution in [0.25, 0.3) is 10.4 Å². The molecule has 1 radical (unpaired) electrons. The van der Waals surface area contributed by atoms with Crippen LogP contribution in [-0.2, 0) is 0 Å². The van der Waals surface area contributed by atoms with E-state index < -0.39 is 0 Å². The van der Waals surface area contributed by atoms with Crippen LogP contribution in [0.5, 0.6) is 0 Å². The van der Waals surface area contributed by atoms with Gasteiger partial charge in [0.2, 0.25) is 0 Å². The van der Waals surface area contributed by atoms with Crippen LogP contribution in [0.2, 0.25) is 0 Å². The summed E-state index contributed by atoms with van der Waals surface area (Å²) in [6.07, 6.45) is 0. The number of nitrogens with one attached hydrogen (secondary N) is 1. The van der Waals surface area contributed by atoms with Crippen molar-refractivity contribution >= 4 is 58.2 Å². The zero-order valence-electron chi connectivity index (χ0n) is 2.39. The number of rotatable bonds is 0. The average molecular weight is 128 g/mol. The molecular formula is HN3Rb. The molecule has 0 saturated carbocycles. The minimum absolute atomic E-state index is 0. The van der Waals surface area contributed by atoms with E-state index in [-0.39, 0.29) is 58.2 Å². The van der Waals surface area contributed by atoms with E-state index in [0.29, 0.717) is 0 Å². The first kappa shape index (κ1) is 8.93. The van der Waals surface area contributed by atoms with E-state index in [9.17, 15) is 0 Å². The third-order valence-electron chi connectivity index (χ3n) is 0. The van der Waals surface area contributed by atoms with Gasteiger partial charge in [-0.1, -0.05) is 0 Å². The Kier molecular flexibility index (Phi) is 19.9. The van der Waals surface area contributed by atoms with E-state index in [2.05, 4.69) is 0 Å². The van der Waals surface area contributed by atoms with Gasteiger partial charge in [0, 0.05) is 58.2 Å². The molecule has 0 spiro atoms. The third kappa shape index (κ3) is 11.2. The van der Waals surface area contributed by atoms with Gasteiger partial charge in [0.05, 0.1) is 0 Å². The average Bonchev–Trinajstić information content (AvgIpc) is 0.918. The molecule has 0 rings (SSSR count). The molecule has 0 aliphatic heterocycles. The molecule has 0 aliphatic rings. The molecule has 4 heteroatoms. The van der Waals surface area contributed by atoms with E-state index in [1.165, 1.54) is 0 Å². The maximum Gasteiger partial charge on any atom is 0 e. The van der Waals surface area contributed by atoms with Crippen LogP contribution in [-0.4, -0.2) is 58.2 Å². The summed E-state index contributed by atoms with van der Waals surface area (Å²) in [5, 5.41) is 0. The Morgan fingerprint density at radius 1 is 1.75 bits per heavy atom. The molecule has 0 aromatic carbocycles. The predicted molar refractivity (Wildman–Crippen MR) is 15.2 cm³/mol. The van der Waals surface area contributed by atoms with Crippen LogP contribution < -0.4 is 0 Å². The fourth-order valence-corrected chi connectivity index (χ4v) is 0. The quantitative estimate of drug-likeness (QED) is 0.281. The van der Waals surface area contributed by atoms with Crippen molar-refractivity contribution < 1.29 is 0 Å². The van der Waals surface area contributed by atoms with E-state index in [0.717, 1.165) is 0 Å². The largest absolute Gasteiger partial charge is 0.108 e. The van der Waals surface area contributed by atoms with Crippen molar-refractivity contribution in [3.63, 3.8) is 0 Å². The fraction of sp³-hybridized carbons (Fsp3) is 0. The molecule has 4 heavy (non-hydrogen) atoms. The molecular weight excluding hydrogens is 127 g/mol. The molecule has 0 bridgehead atoms. The summed E-state index contributed by atoms with van der Waals surface area (Å²) in [6, 6.07) is 0. The van der Waals surface area contributed by atoms with E-state index in [1.54, 1.807) is 4.91 Å². The van der Waals surface area contributed by atoms with Gasteiger partial charge in [0.15, 0.2) is 0 Å². The standard InChI is InChI=1S/HN3.Rb/c1-3-2;/h1H;. The smallest absolute Gasteiger partial charge is 0 e. The second-order valence-electron chi connectivity index (χ2n) is 0.100. The molecule has 0 saturated heterocycles. The van der Waals surface area contributed by atoms with E-state index >= 15 is 0 Å². The van der Waals surface area contributed by atoms with Gasteiger partial charge in [0.1, 0.15) is 0 Å². The van der Waals surface area contributed by atoms with Crippen LogP contribution in [0.1, 0.15) is 0 Å². The van der Waals surface area contributed by atoms with Crippen molar-refractivity contribution in [2.24, 2.45) is 0 Å². The van der Waals surface area contributed by atoms with Gasteiger partial charge in [-0.15, -0.1) is 5.53 Å². The summed E-state index contributed by atoms with van der Waals surface area (Å²) >= 11 is 0. The van der Waals surface area contributed by atoms with Gasteiger partial charge in [-0.2, -0.15) is 0 Å². The number of hydrogen-bond donors (Lipinski definition) is 1. The van der Waals surface area contributed by atoms with Gasteiger partial charge in [-0.3, -0.25) is 0 Å². The van der Waals surface area contributed by atoms with Crippen molar-refractivity contribution in [3.05, 3.63) is 10.4 Å². The Hall–Kier alpha value is 1.12. The molecule has 0 heterocycles. The maximum absolute atomic E-state index is 6.86. The Bertz CT molecular complexity index is 24.3. The molecule has 17 valence electrons. The Balaban J connectivity index is 0. The minimum atomic E-state index is 0. The van der Waals surface area contributed by atoms with Crippen LogP contribution in [0.15, 0.2) is 0 Å². The molecule has 0 aliphatic carbocycles. The van der Waals surface area contributed by atoms with Crippen LogP contribution >= 0.6 is 0 Å². The molecule has 0 aromatic rings. The Labute approximate surface area is 72.6 Å². The van der Waals surface area contributed by atoms with Gasteiger partial charge in [-0.25, -0.2) is 0 Å². The summed E-state index contributed by atoms with van der Waals surface area (Å²) < 4.78 is 0. The second-order valence-corrected chi connectivity index (χ2v) is 0.100. The van der Waals surface area contributed by atoms with Crippen LogP contribution in [0, 0.1) is 5.53 Å². The summed E-state index contributed by atoms with van der Waals surface area (Å²) in [6.45, 7) is 0. The third-order valence-corrected chi connectivity index (χ3v) is 0. The zero-order valence-corrected chi connectivity index (χ0v) is 7.31. The summed E-state index contributed by atoms with van der Waals surface area (Å²) in [5.74, 6) is 0. The fourth-order valence-electron chi connectivity index (χ4n) is 0. The minimum Gasteiger partial charge on any atom is -0.108 e. The summed E-state index contributed by atoms with van der Waals surface area (Å²) in [4.78, 5) is 1.75. The van der Waals surface area contributed by atoms with Crippen molar-refractivity contribution in [3.8, 4) is 0 Å². The second kappa shape index (κ2) is 8.93. The monoisotopic (exact) mass is 128 g/mol. The first-order chi connectivity index (χ1) is 1.41. The van der Waals surface area contributed by atoms with E-state index in [4.69, 9.17) is 11.1 Å². The topological polar surface area (TPSA) is 60.3 Å². The van der Waals surface area contributed by atoms with Crippen molar-refractivity contribution in [1.29, 1.82) is 5.53 Å². The Morgan fingerprint density at radius 3 is 1.75 bits per heavy atom. The molecule has 1 N–H and O–H groups in total. The molecule has 0 unspecified atom stereocenters. The molecule has 0 fully saturated rings. The number of hydrogen-bond acceptors (Lipinski definition) is 1. The normalized spacial score (nSPS) is 2.00. The first-order valence-electron chi connectivity index (χ1n) is 0.424. The first-order valence-corrected chi connectivity index (χ1v) is 0.424. The van der Waals surface area contributed by atoms with Gasteiger partial charge >= 0.3 is 0 Å².